The second kappa shape index (κ2) is 7.99. The first kappa shape index (κ1) is 21.9. The molecule has 166 valence electrons. The molecule has 4 rings (SSSR count). The van der Waals surface area contributed by atoms with Gasteiger partial charge in [0, 0.05) is 12.0 Å². The Hall–Kier alpha value is -0.300. The number of aliphatic hydroxyl groups is 1. The first-order chi connectivity index (χ1) is 13.8. The minimum absolute atomic E-state index is 0.194. The Balaban J connectivity index is 1.57. The van der Waals surface area contributed by atoms with Gasteiger partial charge in [-0.25, -0.2) is 0 Å². The fraction of sp³-hybridized carbons (Fsp3) is 0.929. The highest BCUT2D eigenvalue weighted by Crippen LogP contribution is 2.68. The Morgan fingerprint density at radius 1 is 0.931 bits per heavy atom. The molecule has 1 nitrogen and oxygen atoms in total. The van der Waals surface area contributed by atoms with E-state index < -0.39 is 0 Å². The van der Waals surface area contributed by atoms with Gasteiger partial charge in [-0.15, -0.1) is 0 Å². The largest absolute Gasteiger partial charge is 0.396 e. The zero-order valence-corrected chi connectivity index (χ0v) is 20.2. The molecular weight excluding hydrogens is 352 g/mol. The topological polar surface area (TPSA) is 20.2 Å². The predicted octanol–water partition coefficient (Wildman–Crippen LogP) is 7.92. The van der Waals surface area contributed by atoms with Crippen LogP contribution in [0.3, 0.4) is 0 Å². The Bertz CT molecular complexity index is 632. The van der Waals surface area contributed by atoms with E-state index in [4.69, 9.17) is 0 Å². The summed E-state index contributed by atoms with van der Waals surface area (Å²) < 4.78 is 0. The average molecular weight is 401 g/mol. The zero-order valence-electron chi connectivity index (χ0n) is 20.2. The lowest BCUT2D eigenvalue weighted by Gasteiger charge is -2.60. The average Bonchev–Trinajstić information content (AvgIpc) is 3.04. The van der Waals surface area contributed by atoms with Crippen molar-refractivity contribution in [3.63, 3.8) is 0 Å². The van der Waals surface area contributed by atoms with Crippen molar-refractivity contribution < 1.29 is 5.11 Å². The van der Waals surface area contributed by atoms with Crippen molar-refractivity contribution in [1.82, 2.24) is 0 Å². The third-order valence-electron chi connectivity index (χ3n) is 10.9. The summed E-state index contributed by atoms with van der Waals surface area (Å²) in [6.07, 6.45) is 17.7. The molecule has 0 spiro atoms. The number of fused-ring (bicyclic) bond motifs is 4. The second-order valence-corrected chi connectivity index (χ2v) is 12.5. The minimum Gasteiger partial charge on any atom is -0.396 e. The van der Waals surface area contributed by atoms with E-state index in [1.807, 2.05) is 11.1 Å². The summed E-state index contributed by atoms with van der Waals surface area (Å²) >= 11 is 0. The van der Waals surface area contributed by atoms with Crippen LogP contribution in [0.4, 0.5) is 0 Å². The molecule has 1 heteroatoms. The molecule has 29 heavy (non-hydrogen) atoms. The van der Waals surface area contributed by atoms with Gasteiger partial charge in [-0.3, -0.25) is 0 Å². The maximum absolute atomic E-state index is 10.5. The summed E-state index contributed by atoms with van der Waals surface area (Å²) in [5.41, 5.74) is 4.76. The normalized spacial score (nSPS) is 43.1. The van der Waals surface area contributed by atoms with Crippen LogP contribution in [0.15, 0.2) is 11.1 Å². The number of aliphatic hydroxyl groups excluding tert-OH is 1. The Morgan fingerprint density at radius 2 is 1.69 bits per heavy atom. The highest BCUT2D eigenvalue weighted by molar-refractivity contribution is 5.36. The number of rotatable bonds is 6. The number of hydrogen-bond acceptors (Lipinski definition) is 1. The van der Waals surface area contributed by atoms with Crippen LogP contribution in [-0.4, -0.2) is 11.7 Å². The molecule has 0 aromatic rings. The minimum atomic E-state index is 0.194. The quantitative estimate of drug-likeness (QED) is 0.449. The highest BCUT2D eigenvalue weighted by Gasteiger charge is 2.59. The van der Waals surface area contributed by atoms with Gasteiger partial charge in [0.15, 0.2) is 0 Å². The van der Waals surface area contributed by atoms with Gasteiger partial charge in [0.25, 0.3) is 0 Å². The van der Waals surface area contributed by atoms with Crippen LogP contribution in [0.1, 0.15) is 118 Å². The van der Waals surface area contributed by atoms with Gasteiger partial charge in [-0.1, -0.05) is 77.9 Å². The molecule has 0 aromatic carbocycles. The first-order valence-electron chi connectivity index (χ1n) is 13.1. The standard InChI is InChI=1S/C28H48O/c1-20(2)9-8-10-21(3)23-11-12-24-22-13-18-28(19-29)16-7-6-15-27(28,5)25(22)14-17-26(23,24)4/h20-21,23-24,29H,6-19H2,1-5H3/t21-,23-,24+,26-,27-,28-/m1/s1. The van der Waals surface area contributed by atoms with Crippen molar-refractivity contribution in [1.29, 1.82) is 0 Å². The van der Waals surface area contributed by atoms with Gasteiger partial charge < -0.3 is 5.11 Å². The summed E-state index contributed by atoms with van der Waals surface area (Å²) in [4.78, 5) is 0. The molecule has 0 heterocycles. The molecular formula is C28H48O. The molecule has 4 aliphatic carbocycles. The third-order valence-corrected chi connectivity index (χ3v) is 10.9. The second-order valence-electron chi connectivity index (χ2n) is 12.5. The molecule has 2 fully saturated rings. The van der Waals surface area contributed by atoms with E-state index in [2.05, 4.69) is 34.6 Å². The van der Waals surface area contributed by atoms with Crippen LogP contribution in [0.5, 0.6) is 0 Å². The molecule has 4 aliphatic rings. The SMILES string of the molecule is CC(C)CCC[C@@H](C)[C@H]1CC[C@H]2C3=C(CC[C@]12C)[C@@]1(C)CCCC[C@]1(CO)CC3. The lowest BCUT2D eigenvalue weighted by Crippen LogP contribution is -2.51. The van der Waals surface area contributed by atoms with Gasteiger partial charge in [0.2, 0.25) is 0 Å². The smallest absolute Gasteiger partial charge is 0.0495 e. The molecule has 0 aliphatic heterocycles. The summed E-state index contributed by atoms with van der Waals surface area (Å²) in [5, 5.41) is 10.5. The predicted molar refractivity (Wildman–Crippen MR) is 124 cm³/mol. The van der Waals surface area contributed by atoms with E-state index in [1.165, 1.54) is 83.5 Å². The Morgan fingerprint density at radius 3 is 2.41 bits per heavy atom. The van der Waals surface area contributed by atoms with Crippen molar-refractivity contribution in [2.75, 3.05) is 6.61 Å². The van der Waals surface area contributed by atoms with Crippen molar-refractivity contribution in [2.45, 2.75) is 118 Å². The molecule has 0 radical (unpaired) electrons. The van der Waals surface area contributed by atoms with E-state index in [1.54, 1.807) is 0 Å². The van der Waals surface area contributed by atoms with E-state index in [0.29, 0.717) is 12.0 Å². The maximum Gasteiger partial charge on any atom is 0.0495 e. The first-order valence-corrected chi connectivity index (χ1v) is 13.1. The van der Waals surface area contributed by atoms with Crippen LogP contribution in [0.2, 0.25) is 0 Å². The molecule has 0 saturated heterocycles. The van der Waals surface area contributed by atoms with Crippen LogP contribution in [0, 0.1) is 39.9 Å². The van der Waals surface area contributed by atoms with Gasteiger partial charge in [-0.05, 0) is 85.9 Å². The fourth-order valence-corrected chi connectivity index (χ4v) is 8.96. The monoisotopic (exact) mass is 400 g/mol. The summed E-state index contributed by atoms with van der Waals surface area (Å²) in [5.74, 6) is 3.51. The maximum atomic E-state index is 10.5. The van der Waals surface area contributed by atoms with Crippen LogP contribution in [0.25, 0.3) is 0 Å². The van der Waals surface area contributed by atoms with Crippen molar-refractivity contribution in [2.24, 2.45) is 39.9 Å². The Labute approximate surface area is 181 Å². The van der Waals surface area contributed by atoms with E-state index in [-0.39, 0.29) is 10.8 Å². The van der Waals surface area contributed by atoms with E-state index >= 15 is 0 Å². The van der Waals surface area contributed by atoms with E-state index in [0.717, 1.165) is 23.7 Å². The zero-order chi connectivity index (χ0) is 20.9. The molecule has 0 aromatic heterocycles. The molecule has 0 bridgehead atoms. The van der Waals surface area contributed by atoms with Crippen molar-refractivity contribution >= 4 is 0 Å². The van der Waals surface area contributed by atoms with Crippen LogP contribution in [-0.2, 0) is 0 Å². The van der Waals surface area contributed by atoms with Gasteiger partial charge in [-0.2, -0.15) is 0 Å². The fourth-order valence-electron chi connectivity index (χ4n) is 8.96. The lowest BCUT2D eigenvalue weighted by atomic mass is 9.45. The molecule has 0 amide bonds. The summed E-state index contributed by atoms with van der Waals surface area (Å²) in [7, 11) is 0. The molecule has 6 atom stereocenters. The Kier molecular flexibility index (Phi) is 6.04. The van der Waals surface area contributed by atoms with Crippen LogP contribution >= 0.6 is 0 Å². The third kappa shape index (κ3) is 3.37. The van der Waals surface area contributed by atoms with Gasteiger partial charge >= 0.3 is 0 Å². The van der Waals surface area contributed by atoms with Crippen molar-refractivity contribution in [3.05, 3.63) is 11.1 Å². The molecule has 1 N–H and O–H groups in total. The van der Waals surface area contributed by atoms with E-state index in [9.17, 15) is 5.11 Å². The van der Waals surface area contributed by atoms with Gasteiger partial charge in [0.1, 0.15) is 0 Å². The summed E-state index contributed by atoms with van der Waals surface area (Å²) in [6, 6.07) is 0. The number of allylic oxidation sites excluding steroid dienone is 2. The van der Waals surface area contributed by atoms with Gasteiger partial charge in [0.05, 0.1) is 0 Å². The van der Waals surface area contributed by atoms with Crippen LogP contribution < -0.4 is 0 Å². The summed E-state index contributed by atoms with van der Waals surface area (Å²) in [6.45, 7) is 13.0. The molecule has 0 unspecified atom stereocenters. The number of hydrogen-bond donors (Lipinski definition) is 1. The molecule has 2 saturated carbocycles. The highest BCUT2D eigenvalue weighted by atomic mass is 16.3. The van der Waals surface area contributed by atoms with Crippen molar-refractivity contribution in [3.8, 4) is 0 Å². The lowest BCUT2D eigenvalue weighted by molar-refractivity contribution is -0.0483.